The van der Waals surface area contributed by atoms with Crippen molar-refractivity contribution in [2.24, 2.45) is 16.7 Å². The van der Waals surface area contributed by atoms with Gasteiger partial charge >= 0.3 is 11.9 Å². The molecule has 1 unspecified atom stereocenters. The van der Waals surface area contributed by atoms with Crippen LogP contribution in [0.3, 0.4) is 0 Å². The number of carbonyl (C=O) groups excluding carboxylic acids is 2. The van der Waals surface area contributed by atoms with Gasteiger partial charge in [-0.25, -0.2) is 0 Å². The SMILES string of the molecule is CCOc1ccc(Cc2cc(C3O[C@H](CC)[C@@H](C)[C@H](OC(=O)C(C)(C)C)[C@H]3OC(=O)C(C)(C)C)ccc2Cl)cc1. The second-order valence-corrected chi connectivity index (χ2v) is 13.1. The summed E-state index contributed by atoms with van der Waals surface area (Å²) in [5.74, 6) is -0.0840. The van der Waals surface area contributed by atoms with Crippen LogP contribution in [0, 0.1) is 16.7 Å². The van der Waals surface area contributed by atoms with Crippen LogP contribution in [0.2, 0.25) is 5.02 Å². The Hall–Kier alpha value is -2.57. The van der Waals surface area contributed by atoms with E-state index in [0.29, 0.717) is 24.5 Å². The highest BCUT2D eigenvalue weighted by Gasteiger charge is 2.49. The Morgan fingerprint density at radius 2 is 1.45 bits per heavy atom. The van der Waals surface area contributed by atoms with E-state index >= 15 is 0 Å². The van der Waals surface area contributed by atoms with Crippen molar-refractivity contribution in [2.45, 2.75) is 99.6 Å². The van der Waals surface area contributed by atoms with Crippen molar-refractivity contribution >= 4 is 23.5 Å². The third-order valence-electron chi connectivity index (χ3n) is 7.19. The maximum Gasteiger partial charge on any atom is 0.311 e. The fraction of sp³-hybridized carbons (Fsp3) is 0.576. The number of rotatable bonds is 8. The standard InChI is InChI=1S/C33H45ClO6/c1-10-26-20(3)27(39-30(35)32(4,5)6)29(40-31(36)33(7,8)9)28(38-26)22-14-17-25(34)23(19-22)18-21-12-15-24(16-13-21)37-11-2/h12-17,19-20,26-29H,10-11,18H2,1-9H3/t20-,26-,27+,28?,29-/m1/s1. The van der Waals surface area contributed by atoms with E-state index in [1.54, 1.807) is 20.8 Å². The van der Waals surface area contributed by atoms with Crippen LogP contribution in [0.5, 0.6) is 5.75 Å². The lowest BCUT2D eigenvalue weighted by Crippen LogP contribution is -2.54. The quantitative estimate of drug-likeness (QED) is 0.301. The summed E-state index contributed by atoms with van der Waals surface area (Å²) in [5, 5.41) is 0.632. The number of carbonyl (C=O) groups is 2. The first kappa shape index (κ1) is 32.0. The Morgan fingerprint density at radius 1 is 0.875 bits per heavy atom. The molecule has 2 aromatic carbocycles. The Kier molecular flexibility index (Phi) is 10.3. The molecule has 5 atom stereocenters. The number of hydrogen-bond acceptors (Lipinski definition) is 6. The molecular formula is C33H45ClO6. The predicted molar refractivity (Wildman–Crippen MR) is 158 cm³/mol. The molecule has 0 aromatic heterocycles. The van der Waals surface area contributed by atoms with Gasteiger partial charge in [0, 0.05) is 10.9 Å². The van der Waals surface area contributed by atoms with Crippen molar-refractivity contribution in [3.05, 3.63) is 64.2 Å². The molecule has 2 aromatic rings. The van der Waals surface area contributed by atoms with E-state index in [1.165, 1.54) is 0 Å². The second-order valence-electron chi connectivity index (χ2n) is 12.7. The number of esters is 2. The molecule has 0 amide bonds. The van der Waals surface area contributed by atoms with Crippen LogP contribution in [0.15, 0.2) is 42.5 Å². The maximum absolute atomic E-state index is 13.2. The minimum absolute atomic E-state index is 0.180. The van der Waals surface area contributed by atoms with Crippen LogP contribution in [-0.2, 0) is 30.2 Å². The van der Waals surface area contributed by atoms with E-state index in [4.69, 9.17) is 30.5 Å². The van der Waals surface area contributed by atoms with E-state index in [0.717, 1.165) is 22.4 Å². The van der Waals surface area contributed by atoms with E-state index in [2.05, 4.69) is 0 Å². The van der Waals surface area contributed by atoms with Gasteiger partial charge in [-0.3, -0.25) is 9.59 Å². The number of ether oxygens (including phenoxy) is 4. The first-order valence-corrected chi connectivity index (χ1v) is 14.6. The molecule has 40 heavy (non-hydrogen) atoms. The Balaban J connectivity index is 2.02. The summed E-state index contributed by atoms with van der Waals surface area (Å²) >= 11 is 6.65. The summed E-state index contributed by atoms with van der Waals surface area (Å²) in [5.41, 5.74) is 1.37. The fourth-order valence-corrected chi connectivity index (χ4v) is 4.89. The zero-order chi connectivity index (χ0) is 29.8. The molecule has 7 heteroatoms. The summed E-state index contributed by atoms with van der Waals surface area (Å²) in [6, 6.07) is 13.7. The van der Waals surface area contributed by atoms with Gasteiger partial charge in [0.2, 0.25) is 0 Å². The Bertz CT molecular complexity index is 1160. The molecular weight excluding hydrogens is 528 g/mol. The molecule has 0 saturated carbocycles. The fourth-order valence-electron chi connectivity index (χ4n) is 4.71. The molecule has 0 radical (unpaired) electrons. The molecule has 1 fully saturated rings. The van der Waals surface area contributed by atoms with E-state index < -0.39 is 29.1 Å². The normalized spacial score (nSPS) is 23.4. The van der Waals surface area contributed by atoms with Crippen LogP contribution in [-0.4, -0.2) is 36.9 Å². The summed E-state index contributed by atoms with van der Waals surface area (Å²) in [6.45, 7) is 17.5. The van der Waals surface area contributed by atoms with Crippen LogP contribution in [0.1, 0.15) is 91.5 Å². The average molecular weight is 573 g/mol. The maximum atomic E-state index is 13.2. The molecule has 3 rings (SSSR count). The monoisotopic (exact) mass is 572 g/mol. The van der Waals surface area contributed by atoms with Gasteiger partial charge in [-0.2, -0.15) is 0 Å². The number of benzene rings is 2. The largest absolute Gasteiger partial charge is 0.494 e. The van der Waals surface area contributed by atoms with Crippen molar-refractivity contribution in [1.29, 1.82) is 0 Å². The molecule has 220 valence electrons. The van der Waals surface area contributed by atoms with E-state index in [-0.39, 0.29) is 24.0 Å². The van der Waals surface area contributed by atoms with Gasteiger partial charge in [-0.15, -0.1) is 0 Å². The van der Waals surface area contributed by atoms with Crippen molar-refractivity contribution in [3.8, 4) is 5.75 Å². The van der Waals surface area contributed by atoms with Crippen LogP contribution in [0.25, 0.3) is 0 Å². The van der Waals surface area contributed by atoms with Crippen LogP contribution in [0.4, 0.5) is 0 Å². The number of halogens is 1. The highest BCUT2D eigenvalue weighted by molar-refractivity contribution is 6.31. The smallest absolute Gasteiger partial charge is 0.311 e. The molecule has 0 aliphatic carbocycles. The second kappa shape index (κ2) is 12.9. The summed E-state index contributed by atoms with van der Waals surface area (Å²) in [6.07, 6.45) is -1.01. The summed E-state index contributed by atoms with van der Waals surface area (Å²) in [4.78, 5) is 26.3. The Labute approximate surface area is 244 Å². The highest BCUT2D eigenvalue weighted by Crippen LogP contribution is 2.42. The van der Waals surface area contributed by atoms with Crippen molar-refractivity contribution in [1.82, 2.24) is 0 Å². The lowest BCUT2D eigenvalue weighted by atomic mass is 9.83. The summed E-state index contributed by atoms with van der Waals surface area (Å²) < 4.78 is 24.5. The van der Waals surface area contributed by atoms with Gasteiger partial charge in [0.15, 0.2) is 6.10 Å². The van der Waals surface area contributed by atoms with E-state index in [1.807, 2.05) is 84.0 Å². The van der Waals surface area contributed by atoms with Gasteiger partial charge < -0.3 is 18.9 Å². The van der Waals surface area contributed by atoms with Crippen molar-refractivity contribution in [2.75, 3.05) is 6.61 Å². The number of hydrogen-bond donors (Lipinski definition) is 0. The van der Waals surface area contributed by atoms with Crippen molar-refractivity contribution < 1.29 is 28.5 Å². The molecule has 1 saturated heterocycles. The minimum Gasteiger partial charge on any atom is -0.494 e. The molecule has 1 aliphatic rings. The van der Waals surface area contributed by atoms with Crippen molar-refractivity contribution in [3.63, 3.8) is 0 Å². The van der Waals surface area contributed by atoms with Crippen LogP contribution < -0.4 is 4.74 Å². The molecule has 0 bridgehead atoms. The third kappa shape index (κ3) is 7.79. The zero-order valence-corrected chi connectivity index (χ0v) is 26.1. The zero-order valence-electron chi connectivity index (χ0n) is 25.4. The van der Waals surface area contributed by atoms with E-state index in [9.17, 15) is 9.59 Å². The van der Waals surface area contributed by atoms with Gasteiger partial charge in [-0.05, 0) is 96.2 Å². The first-order chi connectivity index (χ1) is 18.6. The van der Waals surface area contributed by atoms with Gasteiger partial charge in [0.05, 0.1) is 23.5 Å². The van der Waals surface area contributed by atoms with Gasteiger partial charge in [0.25, 0.3) is 0 Å². The first-order valence-electron chi connectivity index (χ1n) is 14.2. The molecule has 6 nitrogen and oxygen atoms in total. The van der Waals surface area contributed by atoms with Crippen LogP contribution >= 0.6 is 11.6 Å². The molecule has 0 spiro atoms. The predicted octanol–water partition coefficient (Wildman–Crippen LogP) is 7.73. The lowest BCUT2D eigenvalue weighted by Gasteiger charge is -2.46. The highest BCUT2D eigenvalue weighted by atomic mass is 35.5. The molecule has 1 heterocycles. The molecule has 0 N–H and O–H groups in total. The minimum atomic E-state index is -0.824. The topological polar surface area (TPSA) is 71.1 Å². The average Bonchev–Trinajstić information content (AvgIpc) is 2.87. The van der Waals surface area contributed by atoms with Gasteiger partial charge in [-0.1, -0.05) is 49.7 Å². The lowest BCUT2D eigenvalue weighted by molar-refractivity contribution is -0.233. The summed E-state index contributed by atoms with van der Waals surface area (Å²) in [7, 11) is 0. The Morgan fingerprint density at radius 3 is 1.98 bits per heavy atom. The molecule has 1 aliphatic heterocycles. The van der Waals surface area contributed by atoms with Gasteiger partial charge in [0.1, 0.15) is 18.0 Å². The third-order valence-corrected chi connectivity index (χ3v) is 7.56.